The van der Waals surface area contributed by atoms with E-state index < -0.39 is 40.2 Å². The van der Waals surface area contributed by atoms with Gasteiger partial charge in [-0.15, -0.1) is 0 Å². The molecule has 2 amide bonds. The van der Waals surface area contributed by atoms with Gasteiger partial charge in [-0.3, -0.25) is 13.9 Å². The fraction of sp³-hybridized carbons (Fsp3) is 0.440. The minimum atomic E-state index is -4.03. The van der Waals surface area contributed by atoms with E-state index in [1.165, 1.54) is 4.90 Å². The summed E-state index contributed by atoms with van der Waals surface area (Å²) in [5.41, 5.74) is 1.61. The normalized spacial score (nSPS) is 12.2. The number of hydrogen-bond acceptors (Lipinski definition) is 4. The highest BCUT2D eigenvalue weighted by atomic mass is 32.2. The first-order valence-electron chi connectivity index (χ1n) is 11.5. The number of anilines is 1. The Hall–Kier alpha value is -3.01. The molecule has 0 aliphatic carbocycles. The number of nitrogens with zero attached hydrogens (tertiary/aromatic N) is 2. The van der Waals surface area contributed by atoms with E-state index in [0.29, 0.717) is 17.3 Å². The van der Waals surface area contributed by atoms with Crippen LogP contribution in [0.15, 0.2) is 42.5 Å². The zero-order valence-electron chi connectivity index (χ0n) is 20.6. The van der Waals surface area contributed by atoms with Gasteiger partial charge in [-0.2, -0.15) is 0 Å². The van der Waals surface area contributed by atoms with E-state index in [1.54, 1.807) is 6.92 Å². The lowest BCUT2D eigenvalue weighted by Crippen LogP contribution is -2.52. The van der Waals surface area contributed by atoms with Gasteiger partial charge in [-0.05, 0) is 37.5 Å². The van der Waals surface area contributed by atoms with Crippen molar-refractivity contribution in [3.05, 3.63) is 65.2 Å². The van der Waals surface area contributed by atoms with Gasteiger partial charge in [-0.25, -0.2) is 17.2 Å². The summed E-state index contributed by atoms with van der Waals surface area (Å²) in [5, 5.41) is 2.84. The van der Waals surface area contributed by atoms with Crippen LogP contribution in [-0.2, 0) is 26.2 Å². The number of sulfonamides is 1. The highest BCUT2D eigenvalue weighted by Gasteiger charge is 2.31. The Morgan fingerprint density at radius 2 is 1.69 bits per heavy atom. The van der Waals surface area contributed by atoms with Gasteiger partial charge >= 0.3 is 0 Å². The van der Waals surface area contributed by atoms with Gasteiger partial charge in [0.05, 0.1) is 11.9 Å². The van der Waals surface area contributed by atoms with Crippen LogP contribution in [0.4, 0.5) is 14.5 Å². The van der Waals surface area contributed by atoms with Crippen LogP contribution in [0.5, 0.6) is 0 Å². The molecule has 10 heteroatoms. The molecular formula is C25H33F2N3O4S. The number of carbonyl (C=O) groups excluding carboxylic acids is 2. The molecule has 1 atom stereocenters. The molecule has 35 heavy (non-hydrogen) atoms. The summed E-state index contributed by atoms with van der Waals surface area (Å²) < 4.78 is 52.9. The van der Waals surface area contributed by atoms with Gasteiger partial charge in [0.15, 0.2) is 11.6 Å². The number of amides is 2. The standard InChI is InChI=1S/C25H33F2N3O4S/c1-5-7-14-28-25(32)23(6-2)29(16-19-10-8-18(3)9-11-19)24(31)17-30(35(4,33)34)20-12-13-21(26)22(27)15-20/h8-13,15,23H,5-7,14,16-17H2,1-4H3,(H,28,32). The average Bonchev–Trinajstić information content (AvgIpc) is 2.80. The Bertz CT molecular complexity index is 1120. The molecule has 2 aromatic carbocycles. The van der Waals surface area contributed by atoms with Gasteiger partial charge < -0.3 is 10.2 Å². The lowest BCUT2D eigenvalue weighted by atomic mass is 10.1. The predicted octanol–water partition coefficient (Wildman–Crippen LogP) is 3.76. The lowest BCUT2D eigenvalue weighted by molar-refractivity contribution is -0.140. The Kier molecular flexibility index (Phi) is 10.2. The van der Waals surface area contributed by atoms with Crippen LogP contribution in [0.2, 0.25) is 0 Å². The second kappa shape index (κ2) is 12.6. The summed E-state index contributed by atoms with van der Waals surface area (Å²) in [7, 11) is -4.03. The third kappa shape index (κ3) is 8.02. The summed E-state index contributed by atoms with van der Waals surface area (Å²) in [6.45, 7) is 5.55. The third-order valence-electron chi connectivity index (χ3n) is 5.56. The van der Waals surface area contributed by atoms with E-state index in [1.807, 2.05) is 38.1 Å². The van der Waals surface area contributed by atoms with Gasteiger partial charge in [0.1, 0.15) is 12.6 Å². The van der Waals surface area contributed by atoms with Crippen LogP contribution in [0, 0.1) is 18.6 Å². The number of rotatable bonds is 12. The molecule has 7 nitrogen and oxygen atoms in total. The lowest BCUT2D eigenvalue weighted by Gasteiger charge is -2.33. The Morgan fingerprint density at radius 1 is 1.03 bits per heavy atom. The van der Waals surface area contributed by atoms with Crippen molar-refractivity contribution < 1.29 is 26.8 Å². The molecule has 0 aromatic heterocycles. The minimum Gasteiger partial charge on any atom is -0.354 e. The van der Waals surface area contributed by atoms with Gasteiger partial charge in [0, 0.05) is 19.2 Å². The summed E-state index contributed by atoms with van der Waals surface area (Å²) in [6, 6.07) is 9.20. The zero-order valence-corrected chi connectivity index (χ0v) is 21.4. The minimum absolute atomic E-state index is 0.0776. The van der Waals surface area contributed by atoms with Crippen LogP contribution in [-0.4, -0.2) is 50.5 Å². The molecule has 1 unspecified atom stereocenters. The van der Waals surface area contributed by atoms with Gasteiger partial charge in [0.2, 0.25) is 21.8 Å². The molecule has 0 heterocycles. The summed E-state index contributed by atoms with van der Waals surface area (Å²) in [5.74, 6) is -3.34. The first-order valence-corrected chi connectivity index (χ1v) is 13.4. The van der Waals surface area contributed by atoms with Crippen LogP contribution >= 0.6 is 0 Å². The average molecular weight is 510 g/mol. The quantitative estimate of drug-likeness (QED) is 0.442. The maximum absolute atomic E-state index is 13.8. The van der Waals surface area contributed by atoms with Crippen LogP contribution < -0.4 is 9.62 Å². The van der Waals surface area contributed by atoms with E-state index >= 15 is 0 Å². The first kappa shape index (κ1) is 28.2. The van der Waals surface area contributed by atoms with Crippen molar-refractivity contribution in [1.29, 1.82) is 0 Å². The number of benzene rings is 2. The molecule has 0 saturated carbocycles. The topological polar surface area (TPSA) is 86.8 Å². The molecule has 192 valence electrons. The van der Waals surface area contributed by atoms with Gasteiger partial charge in [0.25, 0.3) is 0 Å². The Balaban J connectivity index is 2.41. The van der Waals surface area contributed by atoms with E-state index in [4.69, 9.17) is 0 Å². The monoisotopic (exact) mass is 509 g/mol. The van der Waals surface area contributed by atoms with Crippen LogP contribution in [0.25, 0.3) is 0 Å². The van der Waals surface area contributed by atoms with Crippen molar-refractivity contribution >= 4 is 27.5 Å². The molecular weight excluding hydrogens is 476 g/mol. The first-order chi connectivity index (χ1) is 16.5. The number of hydrogen-bond donors (Lipinski definition) is 1. The molecule has 0 radical (unpaired) electrons. The molecule has 1 N–H and O–H groups in total. The van der Waals surface area contributed by atoms with Crippen LogP contribution in [0.3, 0.4) is 0 Å². The number of nitrogens with one attached hydrogen (secondary N) is 1. The Labute approximate surface area is 206 Å². The Morgan fingerprint density at radius 3 is 2.23 bits per heavy atom. The maximum Gasteiger partial charge on any atom is 0.244 e. The molecule has 2 rings (SSSR count). The summed E-state index contributed by atoms with van der Waals surface area (Å²) in [6.07, 6.45) is 2.85. The number of halogens is 2. The highest BCUT2D eigenvalue weighted by molar-refractivity contribution is 7.92. The maximum atomic E-state index is 13.8. The largest absolute Gasteiger partial charge is 0.354 e. The second-order valence-corrected chi connectivity index (χ2v) is 10.4. The van der Waals surface area contributed by atoms with E-state index in [9.17, 15) is 26.8 Å². The van der Waals surface area contributed by atoms with E-state index in [0.717, 1.165) is 48.4 Å². The molecule has 2 aromatic rings. The fourth-order valence-electron chi connectivity index (χ4n) is 3.57. The van der Waals surface area contributed by atoms with E-state index in [2.05, 4.69) is 5.32 Å². The predicted molar refractivity (Wildman–Crippen MR) is 132 cm³/mol. The molecule has 0 aliphatic heterocycles. The molecule has 0 saturated heterocycles. The zero-order chi connectivity index (χ0) is 26.2. The van der Waals surface area contributed by atoms with Crippen molar-refractivity contribution in [1.82, 2.24) is 10.2 Å². The number of carbonyl (C=O) groups is 2. The second-order valence-electron chi connectivity index (χ2n) is 8.44. The molecule has 0 aliphatic rings. The van der Waals surface area contributed by atoms with Crippen LogP contribution in [0.1, 0.15) is 44.2 Å². The van der Waals surface area contributed by atoms with Crippen molar-refractivity contribution in [2.45, 2.75) is 52.6 Å². The van der Waals surface area contributed by atoms with E-state index in [-0.39, 0.29) is 18.1 Å². The third-order valence-corrected chi connectivity index (χ3v) is 6.70. The molecule has 0 bridgehead atoms. The molecule has 0 fully saturated rings. The van der Waals surface area contributed by atoms with Crippen molar-refractivity contribution in [2.24, 2.45) is 0 Å². The van der Waals surface area contributed by atoms with Crippen molar-refractivity contribution in [3.63, 3.8) is 0 Å². The number of unbranched alkanes of at least 4 members (excludes halogenated alkanes) is 1. The smallest absolute Gasteiger partial charge is 0.244 e. The SMILES string of the molecule is CCCCNC(=O)C(CC)N(Cc1ccc(C)cc1)C(=O)CN(c1ccc(F)c(F)c1)S(C)(=O)=O. The summed E-state index contributed by atoms with van der Waals surface area (Å²) >= 11 is 0. The number of aryl methyl sites for hydroxylation is 1. The van der Waals surface area contributed by atoms with Crippen molar-refractivity contribution in [3.8, 4) is 0 Å². The fourth-order valence-corrected chi connectivity index (χ4v) is 4.41. The summed E-state index contributed by atoms with van der Waals surface area (Å²) in [4.78, 5) is 27.8. The van der Waals surface area contributed by atoms with Gasteiger partial charge in [-0.1, -0.05) is 50.1 Å². The van der Waals surface area contributed by atoms with Crippen molar-refractivity contribution in [2.75, 3.05) is 23.7 Å². The highest BCUT2D eigenvalue weighted by Crippen LogP contribution is 2.22. The molecule has 0 spiro atoms.